The monoisotopic (exact) mass is 304 g/mol. The van der Waals surface area contributed by atoms with Crippen LogP contribution in [-0.4, -0.2) is 17.6 Å². The smallest absolute Gasteiger partial charge is 0.247 e. The number of rotatable bonds is 3. The number of primary amides is 1. The predicted molar refractivity (Wildman–Crippen MR) is 77.1 cm³/mol. The zero-order chi connectivity index (χ0) is 15.5. The highest BCUT2D eigenvalue weighted by molar-refractivity contribution is 8.03. The van der Waals surface area contributed by atoms with E-state index in [1.54, 1.807) is 0 Å². The molecule has 21 heavy (non-hydrogen) atoms. The Bertz CT molecular complexity index is 579. The molecule has 3 N–H and O–H groups in total. The van der Waals surface area contributed by atoms with Crippen LogP contribution in [0.2, 0.25) is 0 Å². The van der Waals surface area contributed by atoms with Gasteiger partial charge in [0.05, 0.1) is 28.5 Å². The molecule has 1 heterocycles. The van der Waals surface area contributed by atoms with Crippen molar-refractivity contribution < 1.29 is 9.59 Å². The molecular weight excluding hydrogens is 288 g/mol. The molecule has 0 radical (unpaired) electrons. The van der Waals surface area contributed by atoms with Crippen LogP contribution in [0.1, 0.15) is 32.1 Å². The summed E-state index contributed by atoms with van der Waals surface area (Å²) in [4.78, 5) is 24.2. The van der Waals surface area contributed by atoms with Crippen molar-refractivity contribution in [3.8, 4) is 12.1 Å². The lowest BCUT2D eigenvalue weighted by Gasteiger charge is -2.44. The quantitative estimate of drug-likeness (QED) is 0.810. The number of nitrogens with zero attached hydrogens (tertiary/aromatic N) is 2. The Morgan fingerprint density at radius 1 is 1.38 bits per heavy atom. The highest BCUT2D eigenvalue weighted by Gasteiger charge is 2.52. The first kappa shape index (κ1) is 15.4. The van der Waals surface area contributed by atoms with Crippen LogP contribution in [0, 0.1) is 34.0 Å². The van der Waals surface area contributed by atoms with Crippen LogP contribution in [0.4, 0.5) is 0 Å². The summed E-state index contributed by atoms with van der Waals surface area (Å²) in [7, 11) is 0. The summed E-state index contributed by atoms with van der Waals surface area (Å²) < 4.78 is 0. The van der Waals surface area contributed by atoms with Crippen LogP contribution in [0.15, 0.2) is 10.6 Å². The van der Waals surface area contributed by atoms with E-state index in [-0.39, 0.29) is 5.75 Å². The van der Waals surface area contributed by atoms with Crippen LogP contribution in [0.3, 0.4) is 0 Å². The van der Waals surface area contributed by atoms with Crippen LogP contribution in [0.5, 0.6) is 0 Å². The minimum Gasteiger partial charge on any atom is -0.366 e. The molecule has 1 aliphatic carbocycles. The molecule has 7 heteroatoms. The van der Waals surface area contributed by atoms with E-state index >= 15 is 0 Å². The Labute approximate surface area is 127 Å². The van der Waals surface area contributed by atoms with Crippen molar-refractivity contribution in [2.45, 2.75) is 32.1 Å². The van der Waals surface area contributed by atoms with Gasteiger partial charge in [0.15, 0.2) is 0 Å². The van der Waals surface area contributed by atoms with Gasteiger partial charge in [0, 0.05) is 5.41 Å². The number of nitrogens with one attached hydrogen (secondary N) is 1. The number of hydrogen-bond acceptors (Lipinski definition) is 5. The molecule has 0 aromatic heterocycles. The molecule has 2 aliphatic rings. The summed E-state index contributed by atoms with van der Waals surface area (Å²) in [5.74, 6) is -1.80. The Hall–Kier alpha value is -1.99. The summed E-state index contributed by atoms with van der Waals surface area (Å²) >= 11 is 1.09. The Balaban J connectivity index is 2.57. The standard InChI is InChI=1S/C14H16N4O2S/c15-6-7-21-13-10(11(17)19)14(4-2-1-3-5-14)9(8-16)12(20)18-13/h9H,1-5,7H2,(H2,17,19)(H,18,20). The predicted octanol–water partition coefficient (Wildman–Crippen LogP) is 1.16. The first-order valence-electron chi connectivity index (χ1n) is 6.81. The normalized spacial score (nSPS) is 24.1. The van der Waals surface area contributed by atoms with Gasteiger partial charge in [0.25, 0.3) is 0 Å². The molecule has 0 aromatic rings. The third-order valence-corrected chi connectivity index (χ3v) is 5.05. The summed E-state index contributed by atoms with van der Waals surface area (Å²) in [6.45, 7) is 0. The van der Waals surface area contributed by atoms with Crippen molar-refractivity contribution in [3.05, 3.63) is 10.6 Å². The Kier molecular flexibility index (Phi) is 4.54. The van der Waals surface area contributed by atoms with Gasteiger partial charge in [-0.1, -0.05) is 31.0 Å². The summed E-state index contributed by atoms with van der Waals surface area (Å²) in [5.41, 5.74) is 5.08. The zero-order valence-corrected chi connectivity index (χ0v) is 12.3. The van der Waals surface area contributed by atoms with Crippen LogP contribution < -0.4 is 11.1 Å². The van der Waals surface area contributed by atoms with Crippen molar-refractivity contribution in [3.63, 3.8) is 0 Å². The summed E-state index contributed by atoms with van der Waals surface area (Å²) in [6.07, 6.45) is 3.95. The van der Waals surface area contributed by atoms with Crippen LogP contribution in [0.25, 0.3) is 0 Å². The average Bonchev–Trinajstić information content (AvgIpc) is 2.45. The van der Waals surface area contributed by atoms with E-state index in [9.17, 15) is 14.9 Å². The molecule has 1 fully saturated rings. The second-order valence-electron chi connectivity index (χ2n) is 5.28. The highest BCUT2D eigenvalue weighted by atomic mass is 32.2. The molecule has 1 saturated carbocycles. The minimum atomic E-state index is -0.897. The maximum atomic E-state index is 12.2. The van der Waals surface area contributed by atoms with Gasteiger partial charge in [0.1, 0.15) is 5.92 Å². The largest absolute Gasteiger partial charge is 0.366 e. The van der Waals surface area contributed by atoms with Gasteiger partial charge in [-0.05, 0) is 12.8 Å². The van der Waals surface area contributed by atoms with E-state index in [1.807, 2.05) is 12.1 Å². The zero-order valence-electron chi connectivity index (χ0n) is 11.5. The first-order valence-corrected chi connectivity index (χ1v) is 7.80. The van der Waals surface area contributed by atoms with E-state index < -0.39 is 23.1 Å². The maximum absolute atomic E-state index is 12.2. The van der Waals surface area contributed by atoms with E-state index in [0.29, 0.717) is 23.4 Å². The molecule has 2 amide bonds. The fraction of sp³-hybridized carbons (Fsp3) is 0.571. The molecule has 1 aliphatic heterocycles. The Morgan fingerprint density at radius 2 is 2.05 bits per heavy atom. The molecule has 1 unspecified atom stereocenters. The number of nitrogens with two attached hydrogens (primary N) is 1. The maximum Gasteiger partial charge on any atom is 0.247 e. The van der Waals surface area contributed by atoms with Crippen molar-refractivity contribution >= 4 is 23.6 Å². The van der Waals surface area contributed by atoms with Gasteiger partial charge >= 0.3 is 0 Å². The van der Waals surface area contributed by atoms with Gasteiger partial charge < -0.3 is 11.1 Å². The number of thioether (sulfide) groups is 1. The van der Waals surface area contributed by atoms with Gasteiger partial charge in [0.2, 0.25) is 11.8 Å². The molecule has 6 nitrogen and oxygen atoms in total. The number of amides is 2. The highest BCUT2D eigenvalue weighted by Crippen LogP contribution is 2.52. The Morgan fingerprint density at radius 3 is 2.57 bits per heavy atom. The lowest BCUT2D eigenvalue weighted by molar-refractivity contribution is -0.128. The summed E-state index contributed by atoms with van der Waals surface area (Å²) in [6, 6.07) is 4.01. The molecule has 0 aromatic carbocycles. The third-order valence-electron chi connectivity index (χ3n) is 4.18. The lowest BCUT2D eigenvalue weighted by Crippen LogP contribution is -2.51. The molecule has 2 rings (SSSR count). The van der Waals surface area contributed by atoms with E-state index in [0.717, 1.165) is 31.0 Å². The average molecular weight is 304 g/mol. The second kappa shape index (κ2) is 6.19. The van der Waals surface area contributed by atoms with Gasteiger partial charge in [-0.25, -0.2) is 0 Å². The molecule has 1 spiro atoms. The lowest BCUT2D eigenvalue weighted by atomic mass is 9.60. The van der Waals surface area contributed by atoms with Crippen molar-refractivity contribution in [2.24, 2.45) is 17.1 Å². The summed E-state index contributed by atoms with van der Waals surface area (Å²) in [5, 5.41) is 21.0. The minimum absolute atomic E-state index is 0.111. The molecule has 110 valence electrons. The second-order valence-corrected chi connectivity index (χ2v) is 6.27. The third kappa shape index (κ3) is 2.62. The fourth-order valence-corrected chi connectivity index (χ4v) is 4.17. The number of hydrogen-bond donors (Lipinski definition) is 2. The topological polar surface area (TPSA) is 120 Å². The number of carbonyl (C=O) groups is 2. The van der Waals surface area contributed by atoms with Gasteiger partial charge in [-0.15, -0.1) is 0 Å². The SMILES string of the molecule is N#CCSC1=C(C(N)=O)C2(CCCCC2)C(C#N)C(=O)N1. The van der Waals surface area contributed by atoms with Gasteiger partial charge in [-0.3, -0.25) is 9.59 Å². The fourth-order valence-electron chi connectivity index (χ4n) is 3.34. The first-order chi connectivity index (χ1) is 10.1. The number of nitriles is 2. The molecule has 0 bridgehead atoms. The number of carbonyl (C=O) groups excluding carboxylic acids is 2. The van der Waals surface area contributed by atoms with E-state index in [4.69, 9.17) is 11.0 Å². The van der Waals surface area contributed by atoms with Crippen molar-refractivity contribution in [1.29, 1.82) is 10.5 Å². The van der Waals surface area contributed by atoms with Crippen molar-refractivity contribution in [2.75, 3.05) is 5.75 Å². The molecule has 1 atom stereocenters. The molecular formula is C14H16N4O2S. The van der Waals surface area contributed by atoms with E-state index in [2.05, 4.69) is 5.32 Å². The van der Waals surface area contributed by atoms with E-state index in [1.165, 1.54) is 0 Å². The van der Waals surface area contributed by atoms with Crippen LogP contribution in [-0.2, 0) is 9.59 Å². The molecule has 0 saturated heterocycles. The van der Waals surface area contributed by atoms with Crippen LogP contribution >= 0.6 is 11.8 Å². The van der Waals surface area contributed by atoms with Crippen molar-refractivity contribution in [1.82, 2.24) is 5.32 Å². The van der Waals surface area contributed by atoms with Gasteiger partial charge in [-0.2, -0.15) is 10.5 Å².